The SMILES string of the molecule is CC1(Cc2ccc(Br)cc2)C(=O)N(c2cc(Cl)cc(Cl)c2)C(=O)N1C(=O)C(N)CO. The van der Waals surface area contributed by atoms with Crippen molar-refractivity contribution in [1.82, 2.24) is 4.90 Å². The van der Waals surface area contributed by atoms with Crippen LogP contribution < -0.4 is 10.6 Å². The van der Waals surface area contributed by atoms with Gasteiger partial charge in [-0.1, -0.05) is 51.3 Å². The van der Waals surface area contributed by atoms with Crippen molar-refractivity contribution in [1.29, 1.82) is 0 Å². The van der Waals surface area contributed by atoms with Crippen LogP contribution in [0.5, 0.6) is 0 Å². The number of anilines is 1. The summed E-state index contributed by atoms with van der Waals surface area (Å²) >= 11 is 15.4. The fourth-order valence-corrected chi connectivity index (χ4v) is 4.15. The summed E-state index contributed by atoms with van der Waals surface area (Å²) in [5, 5.41) is 9.79. The molecular formula is C20H18BrCl2N3O4. The van der Waals surface area contributed by atoms with Gasteiger partial charge in [0.2, 0.25) is 0 Å². The van der Waals surface area contributed by atoms with Crippen LogP contribution in [0.1, 0.15) is 12.5 Å². The minimum absolute atomic E-state index is 0.0551. The molecule has 158 valence electrons. The summed E-state index contributed by atoms with van der Waals surface area (Å²) in [6, 6.07) is 9.18. The number of nitrogens with two attached hydrogens (primary N) is 1. The van der Waals surface area contributed by atoms with Gasteiger partial charge < -0.3 is 10.8 Å². The molecule has 1 aliphatic heterocycles. The van der Waals surface area contributed by atoms with Crippen molar-refractivity contribution in [3.8, 4) is 0 Å². The van der Waals surface area contributed by atoms with Crippen LogP contribution in [0.3, 0.4) is 0 Å². The molecule has 4 amide bonds. The molecule has 3 N–H and O–H groups in total. The Morgan fingerprint density at radius 3 is 2.27 bits per heavy atom. The Morgan fingerprint density at radius 2 is 1.73 bits per heavy atom. The first-order valence-corrected chi connectivity index (χ1v) is 10.4. The lowest BCUT2D eigenvalue weighted by Crippen LogP contribution is -2.57. The third-order valence-electron chi connectivity index (χ3n) is 4.84. The summed E-state index contributed by atoms with van der Waals surface area (Å²) in [6.45, 7) is 0.817. The van der Waals surface area contributed by atoms with Gasteiger partial charge in [-0.15, -0.1) is 0 Å². The summed E-state index contributed by atoms with van der Waals surface area (Å²) in [6.07, 6.45) is 0.0551. The van der Waals surface area contributed by atoms with Crippen LogP contribution in [-0.4, -0.2) is 46.0 Å². The number of carbonyl (C=O) groups is 3. The van der Waals surface area contributed by atoms with E-state index in [1.807, 2.05) is 0 Å². The lowest BCUT2D eigenvalue weighted by Gasteiger charge is -2.31. The molecule has 0 spiro atoms. The number of urea groups is 1. The summed E-state index contributed by atoms with van der Waals surface area (Å²) in [5.41, 5.74) is 4.99. The zero-order chi connectivity index (χ0) is 22.2. The molecule has 0 aromatic heterocycles. The molecule has 1 aliphatic rings. The van der Waals surface area contributed by atoms with Crippen LogP contribution in [0.15, 0.2) is 46.9 Å². The van der Waals surface area contributed by atoms with Gasteiger partial charge in [-0.2, -0.15) is 0 Å². The Morgan fingerprint density at radius 1 is 1.17 bits per heavy atom. The first-order valence-electron chi connectivity index (χ1n) is 8.88. The first-order chi connectivity index (χ1) is 14.1. The van der Waals surface area contributed by atoms with Crippen LogP contribution >= 0.6 is 39.1 Å². The number of imide groups is 2. The van der Waals surface area contributed by atoms with E-state index in [9.17, 15) is 19.5 Å². The molecule has 2 unspecified atom stereocenters. The number of amides is 4. The van der Waals surface area contributed by atoms with Gasteiger partial charge in [0.1, 0.15) is 11.6 Å². The third-order valence-corrected chi connectivity index (χ3v) is 5.81. The van der Waals surface area contributed by atoms with Gasteiger partial charge >= 0.3 is 6.03 Å². The zero-order valence-corrected chi connectivity index (χ0v) is 18.9. The first kappa shape index (κ1) is 22.7. The van der Waals surface area contributed by atoms with Crippen LogP contribution in [0, 0.1) is 0 Å². The van der Waals surface area contributed by atoms with Crippen LogP contribution in [-0.2, 0) is 16.0 Å². The van der Waals surface area contributed by atoms with Crippen LogP contribution in [0.2, 0.25) is 10.0 Å². The average molecular weight is 515 g/mol. The molecule has 2 atom stereocenters. The van der Waals surface area contributed by atoms with E-state index in [1.54, 1.807) is 24.3 Å². The second kappa shape index (κ2) is 8.64. The topological polar surface area (TPSA) is 104 Å². The molecule has 1 fully saturated rings. The molecule has 10 heteroatoms. The Balaban J connectivity index is 2.11. The van der Waals surface area contributed by atoms with E-state index >= 15 is 0 Å². The van der Waals surface area contributed by atoms with E-state index in [0.29, 0.717) is 0 Å². The fraction of sp³-hybridized carbons (Fsp3) is 0.250. The molecule has 30 heavy (non-hydrogen) atoms. The molecular weight excluding hydrogens is 497 g/mol. The summed E-state index contributed by atoms with van der Waals surface area (Å²) in [5.74, 6) is -1.49. The number of halogens is 3. The number of aliphatic hydroxyl groups is 1. The third kappa shape index (κ3) is 4.10. The van der Waals surface area contributed by atoms with Gasteiger partial charge in [0.25, 0.3) is 11.8 Å². The molecule has 7 nitrogen and oxygen atoms in total. The van der Waals surface area contributed by atoms with E-state index in [-0.39, 0.29) is 22.2 Å². The van der Waals surface area contributed by atoms with Gasteiger partial charge in [0, 0.05) is 20.9 Å². The predicted molar refractivity (Wildman–Crippen MR) is 118 cm³/mol. The largest absolute Gasteiger partial charge is 0.394 e. The second-order valence-corrected chi connectivity index (χ2v) is 8.88. The molecule has 0 saturated carbocycles. The highest BCUT2D eigenvalue weighted by Crippen LogP contribution is 2.37. The van der Waals surface area contributed by atoms with Gasteiger partial charge in [-0.05, 0) is 42.8 Å². The minimum atomic E-state index is -1.57. The summed E-state index contributed by atoms with van der Waals surface area (Å²) in [7, 11) is 0. The highest BCUT2D eigenvalue weighted by Gasteiger charge is 2.58. The maximum absolute atomic E-state index is 13.5. The number of nitrogens with zero attached hydrogens (tertiary/aromatic N) is 2. The number of hydrogen-bond acceptors (Lipinski definition) is 5. The van der Waals surface area contributed by atoms with Gasteiger partial charge in [0.05, 0.1) is 12.3 Å². The van der Waals surface area contributed by atoms with Crippen molar-refractivity contribution in [2.45, 2.75) is 24.9 Å². The van der Waals surface area contributed by atoms with E-state index in [2.05, 4.69) is 15.9 Å². The van der Waals surface area contributed by atoms with Crippen LogP contribution in [0.25, 0.3) is 0 Å². The summed E-state index contributed by atoms with van der Waals surface area (Å²) < 4.78 is 0.843. The lowest BCUT2D eigenvalue weighted by atomic mass is 9.90. The van der Waals surface area contributed by atoms with E-state index < -0.39 is 36.0 Å². The number of hydrogen-bond donors (Lipinski definition) is 2. The molecule has 2 aromatic carbocycles. The number of benzene rings is 2. The highest BCUT2D eigenvalue weighted by molar-refractivity contribution is 9.10. The maximum Gasteiger partial charge on any atom is 0.339 e. The average Bonchev–Trinajstić information content (AvgIpc) is 2.87. The lowest BCUT2D eigenvalue weighted by molar-refractivity contribution is -0.139. The molecule has 0 bridgehead atoms. The van der Waals surface area contributed by atoms with E-state index in [1.165, 1.54) is 25.1 Å². The van der Waals surface area contributed by atoms with E-state index in [0.717, 1.165) is 19.8 Å². The standard InChI is InChI=1S/C20H18BrCl2N3O4/c1-20(9-11-2-4-12(21)5-3-11)18(29)25(15-7-13(22)6-14(23)8-15)19(30)26(20)17(28)16(24)10-27/h2-8,16,27H,9-10,24H2,1H3. The number of carbonyl (C=O) groups excluding carboxylic acids is 3. The molecule has 3 rings (SSSR count). The normalized spacial score (nSPS) is 20.1. The number of rotatable bonds is 5. The van der Waals surface area contributed by atoms with Crippen molar-refractivity contribution in [3.05, 3.63) is 62.5 Å². The monoisotopic (exact) mass is 513 g/mol. The molecule has 0 radical (unpaired) electrons. The smallest absolute Gasteiger partial charge is 0.339 e. The fourth-order valence-electron chi connectivity index (χ4n) is 3.37. The van der Waals surface area contributed by atoms with Gasteiger partial charge in [0.15, 0.2) is 0 Å². The summed E-state index contributed by atoms with van der Waals surface area (Å²) in [4.78, 5) is 41.3. The Kier molecular flexibility index (Phi) is 6.54. The van der Waals surface area contributed by atoms with E-state index in [4.69, 9.17) is 28.9 Å². The van der Waals surface area contributed by atoms with Crippen molar-refractivity contribution >= 4 is 62.7 Å². The Bertz CT molecular complexity index is 997. The molecule has 0 aliphatic carbocycles. The zero-order valence-electron chi connectivity index (χ0n) is 15.8. The quantitative estimate of drug-likeness (QED) is 0.595. The Hall–Kier alpha value is -1.97. The van der Waals surface area contributed by atoms with Gasteiger partial charge in [-0.25, -0.2) is 14.6 Å². The van der Waals surface area contributed by atoms with Crippen molar-refractivity contribution < 1.29 is 19.5 Å². The van der Waals surface area contributed by atoms with Crippen molar-refractivity contribution in [2.75, 3.05) is 11.5 Å². The van der Waals surface area contributed by atoms with Crippen molar-refractivity contribution in [3.63, 3.8) is 0 Å². The minimum Gasteiger partial charge on any atom is -0.394 e. The second-order valence-electron chi connectivity index (χ2n) is 7.09. The highest BCUT2D eigenvalue weighted by atomic mass is 79.9. The van der Waals surface area contributed by atoms with Crippen molar-refractivity contribution in [2.24, 2.45) is 5.73 Å². The predicted octanol–water partition coefficient (Wildman–Crippen LogP) is 3.37. The van der Waals surface area contributed by atoms with Crippen LogP contribution in [0.4, 0.5) is 10.5 Å². The molecule has 1 heterocycles. The molecule has 2 aromatic rings. The number of aliphatic hydroxyl groups excluding tert-OH is 1. The van der Waals surface area contributed by atoms with Gasteiger partial charge in [-0.3, -0.25) is 9.59 Å². The Labute approximate surface area is 191 Å². The maximum atomic E-state index is 13.5. The molecule has 1 saturated heterocycles.